The zero-order valence-electron chi connectivity index (χ0n) is 31.4. The molecule has 2 saturated heterocycles. The summed E-state index contributed by atoms with van der Waals surface area (Å²) < 4.78 is 41.5. The summed E-state index contributed by atoms with van der Waals surface area (Å²) in [5, 5.41) is 21.1. The number of carbonyl (C=O) groups excluding carboxylic acids is 2. The zero-order valence-corrected chi connectivity index (χ0v) is 31.4. The maximum absolute atomic E-state index is 12.6. The fourth-order valence-corrected chi connectivity index (χ4v) is 6.32. The second kappa shape index (κ2) is 19.2. The second-order valence-corrected chi connectivity index (χ2v) is 12.6. The van der Waals surface area contributed by atoms with E-state index in [9.17, 15) is 19.8 Å². The first-order valence-electron chi connectivity index (χ1n) is 16.2. The molecule has 2 heterocycles. The Morgan fingerprint density at radius 1 is 0.490 bits per heavy atom. The van der Waals surface area contributed by atoms with Gasteiger partial charge in [-0.1, -0.05) is 13.8 Å². The van der Waals surface area contributed by atoms with Crippen molar-refractivity contribution in [2.24, 2.45) is 0 Å². The van der Waals surface area contributed by atoms with Crippen LogP contribution in [0.25, 0.3) is 0 Å². The predicted octanol–water partition coefficient (Wildman–Crippen LogP) is 3.54. The maximum atomic E-state index is 12.6. The van der Waals surface area contributed by atoms with Crippen LogP contribution in [0.2, 0.25) is 0 Å². The number of rotatable bonds is 18. The van der Waals surface area contributed by atoms with Gasteiger partial charge in [0.25, 0.3) is 0 Å². The lowest BCUT2D eigenvalue weighted by atomic mass is 9.76. The van der Waals surface area contributed by atoms with Crippen LogP contribution in [0.5, 0.6) is 11.5 Å². The van der Waals surface area contributed by atoms with Crippen molar-refractivity contribution in [1.82, 2.24) is 19.6 Å². The van der Waals surface area contributed by atoms with E-state index in [2.05, 4.69) is 13.8 Å². The Hall–Kier alpha value is -3.74. The van der Waals surface area contributed by atoms with Crippen molar-refractivity contribution < 1.29 is 57.7 Å². The average Bonchev–Trinajstić information content (AvgIpc) is 3.51. The molecule has 51 heavy (non-hydrogen) atoms. The third-order valence-electron chi connectivity index (χ3n) is 8.78. The van der Waals surface area contributed by atoms with E-state index in [0.29, 0.717) is 48.7 Å². The Labute approximate surface area is 300 Å². The van der Waals surface area contributed by atoms with Crippen molar-refractivity contribution >= 4 is 12.1 Å². The van der Waals surface area contributed by atoms with Crippen molar-refractivity contribution in [3.05, 3.63) is 57.6 Å². The molecule has 0 radical (unpaired) electrons. The van der Waals surface area contributed by atoms with E-state index in [4.69, 9.17) is 37.9 Å². The number of benzene rings is 2. The first-order chi connectivity index (χ1) is 24.4. The molecule has 2 aliphatic heterocycles. The van der Waals surface area contributed by atoms with Gasteiger partial charge in [0.15, 0.2) is 12.3 Å². The number of urea groups is 2. The third kappa shape index (κ3) is 9.02. The molecule has 2 aromatic rings. The topological polar surface area (TPSA) is 161 Å². The van der Waals surface area contributed by atoms with Crippen LogP contribution in [0.1, 0.15) is 47.2 Å². The number of hydrogen-bond donors (Lipinski definition) is 2. The summed E-state index contributed by atoms with van der Waals surface area (Å²) in [6.45, 7) is 5.65. The minimum atomic E-state index is -0.523. The number of carbonyl (C=O) groups is 2. The van der Waals surface area contributed by atoms with E-state index in [1.165, 1.54) is 48.0 Å². The summed E-state index contributed by atoms with van der Waals surface area (Å²) >= 11 is 0. The normalized spacial score (nSPS) is 17.4. The number of aromatic hydroxyl groups is 2. The van der Waals surface area contributed by atoms with Gasteiger partial charge < -0.3 is 48.1 Å². The number of hydrogen-bond acceptors (Lipinski definition) is 12. The van der Waals surface area contributed by atoms with E-state index in [0.717, 1.165) is 11.1 Å². The summed E-state index contributed by atoms with van der Waals surface area (Å²) in [7, 11) is 12.4. The molecule has 0 spiro atoms. The Balaban J connectivity index is 0.000000286. The lowest BCUT2D eigenvalue weighted by Crippen LogP contribution is -2.48. The lowest BCUT2D eigenvalue weighted by Gasteiger charge is -2.29. The van der Waals surface area contributed by atoms with E-state index in [1.54, 1.807) is 28.4 Å². The molecule has 0 aliphatic carbocycles. The van der Waals surface area contributed by atoms with Gasteiger partial charge in [0, 0.05) is 84.5 Å². The van der Waals surface area contributed by atoms with Gasteiger partial charge in [0.1, 0.15) is 38.4 Å². The lowest BCUT2D eigenvalue weighted by molar-refractivity contribution is -0.0135. The van der Waals surface area contributed by atoms with E-state index in [-0.39, 0.29) is 50.5 Å². The quantitative estimate of drug-likeness (QED) is 0.231. The van der Waals surface area contributed by atoms with Gasteiger partial charge in [0.05, 0.1) is 26.4 Å². The minimum Gasteiger partial charge on any atom is -0.507 e. The molecule has 0 saturated carbocycles. The van der Waals surface area contributed by atoms with Crippen LogP contribution in [0.3, 0.4) is 0 Å². The third-order valence-corrected chi connectivity index (χ3v) is 8.78. The monoisotopic (exact) mass is 722 g/mol. The van der Waals surface area contributed by atoms with Crippen molar-refractivity contribution in [1.29, 1.82) is 0 Å². The maximum Gasteiger partial charge on any atom is 0.327 e. The van der Waals surface area contributed by atoms with E-state index < -0.39 is 17.7 Å². The first kappa shape index (κ1) is 41.7. The number of phenolic OH excluding ortho intramolecular Hbond substituents is 2. The molecule has 4 amide bonds. The summed E-state index contributed by atoms with van der Waals surface area (Å²) in [5.41, 5.74) is 4.42. The van der Waals surface area contributed by atoms with Crippen molar-refractivity contribution in [2.45, 2.75) is 58.0 Å². The first-order valence-corrected chi connectivity index (χ1v) is 16.2. The number of methoxy groups -OCH3 is 8. The van der Waals surface area contributed by atoms with E-state index >= 15 is 0 Å². The molecular weight excluding hydrogens is 668 g/mol. The van der Waals surface area contributed by atoms with Crippen molar-refractivity contribution in [3.63, 3.8) is 0 Å². The highest BCUT2D eigenvalue weighted by molar-refractivity contribution is 5.85. The Bertz CT molecular complexity index is 1270. The van der Waals surface area contributed by atoms with Crippen LogP contribution >= 0.6 is 0 Å². The molecule has 4 rings (SSSR count). The average molecular weight is 723 g/mol. The summed E-state index contributed by atoms with van der Waals surface area (Å²) in [6, 6.07) is 7.28. The Morgan fingerprint density at radius 3 is 0.922 bits per heavy atom. The van der Waals surface area contributed by atoms with Gasteiger partial charge in [-0.15, -0.1) is 0 Å². The molecular formula is C35H54N4O12. The number of nitrogens with zero attached hydrogens (tertiary/aromatic N) is 4. The fourth-order valence-electron chi connectivity index (χ4n) is 6.32. The minimum absolute atomic E-state index is 0.0640. The fraction of sp³-hybridized carbons (Fsp3) is 0.600. The van der Waals surface area contributed by atoms with Gasteiger partial charge in [-0.2, -0.15) is 0 Å². The second-order valence-electron chi connectivity index (χ2n) is 12.6. The van der Waals surface area contributed by atoms with Crippen LogP contribution in [-0.2, 0) is 69.7 Å². The molecule has 286 valence electrons. The zero-order chi connectivity index (χ0) is 37.9. The molecule has 16 heteroatoms. The highest BCUT2D eigenvalue weighted by Crippen LogP contribution is 2.39. The van der Waals surface area contributed by atoms with Crippen LogP contribution < -0.4 is 0 Å². The van der Waals surface area contributed by atoms with Gasteiger partial charge in [-0.3, -0.25) is 19.6 Å². The molecule has 0 atom stereocenters. The predicted molar refractivity (Wildman–Crippen MR) is 184 cm³/mol. The molecule has 2 aliphatic rings. The number of amides is 4. The molecule has 16 nitrogen and oxygen atoms in total. The van der Waals surface area contributed by atoms with Crippen molar-refractivity contribution in [2.75, 3.05) is 83.8 Å². The number of phenols is 2. The van der Waals surface area contributed by atoms with Gasteiger partial charge in [-0.05, 0) is 35.4 Å². The molecule has 0 aromatic heterocycles. The highest BCUT2D eigenvalue weighted by atomic mass is 16.5. The van der Waals surface area contributed by atoms with Gasteiger partial charge in [-0.25, -0.2) is 9.59 Å². The Kier molecular flexibility index (Phi) is 15.7. The highest BCUT2D eigenvalue weighted by Gasteiger charge is 2.59. The molecule has 2 aromatic carbocycles. The van der Waals surface area contributed by atoms with Crippen LogP contribution in [0, 0.1) is 0 Å². The molecule has 0 unspecified atom stereocenters. The standard InChI is InChI=1S/C23H32O6.C12H22N4O6/c1-23(2,19-7-15(11-26-3)21(24)16(8-19)12-27-4)20-9-17(13-28-5)22(25)18(10-20)14-29-6;1-19-5-13-9-10(15(7-21-3)11(13)17)16(8-22-4)12(18)14(9)6-20-2/h7-10,24-25H,11-14H2,1-6H3;9-10H,5-8H2,1-4H3. The molecule has 2 N–H and O–H groups in total. The van der Waals surface area contributed by atoms with Crippen LogP contribution in [0.4, 0.5) is 9.59 Å². The van der Waals surface area contributed by atoms with Gasteiger partial charge >= 0.3 is 12.1 Å². The van der Waals surface area contributed by atoms with Crippen molar-refractivity contribution in [3.8, 4) is 11.5 Å². The van der Waals surface area contributed by atoms with Crippen LogP contribution in [-0.4, -0.2) is 138 Å². The molecule has 2 fully saturated rings. The SMILES string of the molecule is COCN1C(=O)N(COC)C2C1N(COC)C(=O)N2COC.COCc1cc(C(C)(C)c2cc(COC)c(O)c(COC)c2)cc(COC)c1O. The number of ether oxygens (including phenoxy) is 8. The van der Waals surface area contributed by atoms with Gasteiger partial charge in [0.2, 0.25) is 0 Å². The molecule has 0 bridgehead atoms. The summed E-state index contributed by atoms with van der Waals surface area (Å²) in [6.07, 6.45) is -1.05. The summed E-state index contributed by atoms with van der Waals surface area (Å²) in [5.74, 6) is 0.387. The Morgan fingerprint density at radius 2 is 0.725 bits per heavy atom. The smallest absolute Gasteiger partial charge is 0.327 e. The number of fused-ring (bicyclic) bond motifs is 1. The van der Waals surface area contributed by atoms with Crippen LogP contribution in [0.15, 0.2) is 24.3 Å². The van der Waals surface area contributed by atoms with E-state index in [1.807, 2.05) is 24.3 Å². The largest absolute Gasteiger partial charge is 0.507 e. The summed E-state index contributed by atoms with van der Waals surface area (Å²) in [4.78, 5) is 31.0.